The van der Waals surface area contributed by atoms with Crippen molar-refractivity contribution in [2.24, 2.45) is 5.92 Å². The van der Waals surface area contributed by atoms with Crippen LogP contribution in [0.4, 0.5) is 20.4 Å². The summed E-state index contributed by atoms with van der Waals surface area (Å²) in [5.41, 5.74) is 1.89. The molecule has 0 radical (unpaired) electrons. The Kier molecular flexibility index (Phi) is 5.46. The van der Waals surface area contributed by atoms with E-state index < -0.39 is 0 Å². The molecule has 0 bridgehead atoms. The number of nitrogens with zero attached hydrogens (tertiary/aromatic N) is 3. The molecule has 1 saturated heterocycles. The zero-order valence-corrected chi connectivity index (χ0v) is 15.7. The summed E-state index contributed by atoms with van der Waals surface area (Å²) in [7, 11) is 0. The Morgan fingerprint density at radius 2 is 1.72 bits per heavy atom. The number of carbonyl (C=O) groups is 1. The Bertz CT molecular complexity index is 1010. The van der Waals surface area contributed by atoms with Crippen molar-refractivity contribution >= 4 is 17.5 Å². The van der Waals surface area contributed by atoms with E-state index in [1.54, 1.807) is 36.7 Å². The van der Waals surface area contributed by atoms with E-state index in [0.29, 0.717) is 23.7 Å². The van der Waals surface area contributed by atoms with Gasteiger partial charge in [0.25, 0.3) is 0 Å². The summed E-state index contributed by atoms with van der Waals surface area (Å²) >= 11 is 0. The molecule has 1 aliphatic heterocycles. The molecule has 1 amide bonds. The molecule has 148 valence electrons. The number of hydrogen-bond donors (Lipinski definition) is 1. The average Bonchev–Trinajstić information content (AvgIpc) is 2.74. The molecule has 2 heterocycles. The highest BCUT2D eigenvalue weighted by Crippen LogP contribution is 2.24. The lowest BCUT2D eigenvalue weighted by atomic mass is 9.97. The fourth-order valence-electron chi connectivity index (χ4n) is 3.48. The largest absolute Gasteiger partial charge is 0.340 e. The molecule has 1 aromatic heterocycles. The van der Waals surface area contributed by atoms with Gasteiger partial charge in [-0.25, -0.2) is 18.7 Å². The van der Waals surface area contributed by atoms with Gasteiger partial charge in [0.15, 0.2) is 0 Å². The van der Waals surface area contributed by atoms with Crippen LogP contribution < -0.4 is 10.2 Å². The van der Waals surface area contributed by atoms with Gasteiger partial charge in [0, 0.05) is 36.7 Å². The van der Waals surface area contributed by atoms with E-state index in [9.17, 15) is 13.6 Å². The summed E-state index contributed by atoms with van der Waals surface area (Å²) in [4.78, 5) is 23.4. The number of benzene rings is 2. The van der Waals surface area contributed by atoms with E-state index in [4.69, 9.17) is 0 Å². The van der Waals surface area contributed by atoms with Crippen molar-refractivity contribution in [2.45, 2.75) is 12.8 Å². The predicted octanol–water partition coefficient (Wildman–Crippen LogP) is 4.28. The highest BCUT2D eigenvalue weighted by Gasteiger charge is 2.27. The third-order valence-corrected chi connectivity index (χ3v) is 4.96. The normalized spacial score (nSPS) is 16.5. The van der Waals surface area contributed by atoms with Crippen LogP contribution in [0.25, 0.3) is 11.1 Å². The number of piperidine rings is 1. The van der Waals surface area contributed by atoms with Gasteiger partial charge >= 0.3 is 0 Å². The number of carbonyl (C=O) groups excluding carboxylic acids is 1. The Hall–Kier alpha value is -3.35. The summed E-state index contributed by atoms with van der Waals surface area (Å²) in [5.74, 6) is -0.543. The zero-order chi connectivity index (χ0) is 20.2. The number of nitrogens with one attached hydrogen (secondary N) is 1. The number of aromatic nitrogens is 2. The number of rotatable bonds is 4. The van der Waals surface area contributed by atoms with Crippen molar-refractivity contribution < 1.29 is 13.6 Å². The second kappa shape index (κ2) is 8.34. The van der Waals surface area contributed by atoms with E-state index >= 15 is 0 Å². The average molecular weight is 394 g/mol. The summed E-state index contributed by atoms with van der Waals surface area (Å²) in [6.45, 7) is 1.24. The van der Waals surface area contributed by atoms with Crippen LogP contribution in [-0.4, -0.2) is 29.0 Å². The molecule has 7 heteroatoms. The fourth-order valence-corrected chi connectivity index (χ4v) is 3.48. The van der Waals surface area contributed by atoms with Crippen LogP contribution in [0.3, 0.4) is 0 Å². The van der Waals surface area contributed by atoms with Gasteiger partial charge in [-0.3, -0.25) is 4.79 Å². The lowest BCUT2D eigenvalue weighted by Crippen LogP contribution is -2.41. The summed E-state index contributed by atoms with van der Waals surface area (Å²) < 4.78 is 26.7. The maximum absolute atomic E-state index is 13.4. The van der Waals surface area contributed by atoms with Crippen molar-refractivity contribution in [3.63, 3.8) is 0 Å². The first-order valence-electron chi connectivity index (χ1n) is 9.48. The van der Waals surface area contributed by atoms with E-state index in [1.807, 2.05) is 4.90 Å². The predicted molar refractivity (Wildman–Crippen MR) is 107 cm³/mol. The lowest BCUT2D eigenvalue weighted by Gasteiger charge is -2.32. The van der Waals surface area contributed by atoms with Gasteiger partial charge in [0.05, 0.1) is 5.92 Å². The molecule has 29 heavy (non-hydrogen) atoms. The number of hydrogen-bond acceptors (Lipinski definition) is 4. The first-order valence-corrected chi connectivity index (χ1v) is 9.48. The molecule has 0 saturated carbocycles. The van der Waals surface area contributed by atoms with Gasteiger partial charge in [0.1, 0.15) is 11.6 Å². The van der Waals surface area contributed by atoms with Crippen LogP contribution in [-0.2, 0) is 4.79 Å². The Morgan fingerprint density at radius 1 is 1.00 bits per heavy atom. The Balaban J connectivity index is 1.43. The zero-order valence-electron chi connectivity index (χ0n) is 15.7. The van der Waals surface area contributed by atoms with E-state index in [0.717, 1.165) is 24.9 Å². The molecular formula is C22H20F2N4O. The van der Waals surface area contributed by atoms with Crippen molar-refractivity contribution in [3.05, 3.63) is 72.6 Å². The molecule has 4 rings (SSSR count). The second-order valence-electron chi connectivity index (χ2n) is 7.07. The van der Waals surface area contributed by atoms with Crippen molar-refractivity contribution in [3.8, 4) is 11.1 Å². The Labute approximate surface area is 167 Å². The van der Waals surface area contributed by atoms with Crippen molar-refractivity contribution in [1.82, 2.24) is 9.97 Å². The third-order valence-electron chi connectivity index (χ3n) is 4.96. The van der Waals surface area contributed by atoms with Crippen LogP contribution in [0.15, 0.2) is 60.9 Å². The highest BCUT2D eigenvalue weighted by molar-refractivity contribution is 5.93. The number of halogens is 2. The minimum atomic E-state index is -0.389. The van der Waals surface area contributed by atoms with Crippen LogP contribution in [0, 0.1) is 17.6 Å². The molecule has 1 unspecified atom stereocenters. The summed E-state index contributed by atoms with van der Waals surface area (Å²) in [5, 5.41) is 2.78. The molecule has 2 aromatic carbocycles. The van der Waals surface area contributed by atoms with E-state index in [1.165, 1.54) is 24.3 Å². The standard InChI is InChI=1S/C22H20F2N4O/c23-18-6-1-4-15(10-18)17-12-25-22(26-13-17)28-9-3-5-16(14-28)21(29)27-20-8-2-7-19(24)11-20/h1-2,4,6-8,10-13,16H,3,5,9,14H2,(H,27,29). The highest BCUT2D eigenvalue weighted by atomic mass is 19.1. The van der Waals surface area contributed by atoms with E-state index in [2.05, 4.69) is 15.3 Å². The van der Waals surface area contributed by atoms with Gasteiger partial charge in [-0.15, -0.1) is 0 Å². The molecule has 1 aliphatic rings. The van der Waals surface area contributed by atoms with E-state index in [-0.39, 0.29) is 23.5 Å². The van der Waals surface area contributed by atoms with Gasteiger partial charge in [-0.1, -0.05) is 18.2 Å². The fraction of sp³-hybridized carbons (Fsp3) is 0.227. The summed E-state index contributed by atoms with van der Waals surface area (Å²) in [6.07, 6.45) is 4.90. The van der Waals surface area contributed by atoms with Crippen LogP contribution in [0.1, 0.15) is 12.8 Å². The Morgan fingerprint density at radius 3 is 2.45 bits per heavy atom. The maximum Gasteiger partial charge on any atom is 0.229 e. The van der Waals surface area contributed by atoms with Gasteiger partial charge in [-0.05, 0) is 48.7 Å². The molecule has 0 spiro atoms. The molecule has 5 nitrogen and oxygen atoms in total. The minimum absolute atomic E-state index is 0.142. The first-order chi connectivity index (χ1) is 14.1. The number of amides is 1. The monoisotopic (exact) mass is 394 g/mol. The topological polar surface area (TPSA) is 58.1 Å². The molecular weight excluding hydrogens is 374 g/mol. The maximum atomic E-state index is 13.4. The van der Waals surface area contributed by atoms with Gasteiger partial charge in [-0.2, -0.15) is 0 Å². The molecule has 1 atom stereocenters. The molecule has 0 aliphatic carbocycles. The molecule has 3 aromatic rings. The van der Waals surface area contributed by atoms with Crippen molar-refractivity contribution in [2.75, 3.05) is 23.3 Å². The van der Waals surface area contributed by atoms with Gasteiger partial charge in [0.2, 0.25) is 11.9 Å². The third kappa shape index (κ3) is 4.56. The first kappa shape index (κ1) is 19.0. The quantitative estimate of drug-likeness (QED) is 0.718. The second-order valence-corrected chi connectivity index (χ2v) is 7.07. The summed E-state index contributed by atoms with van der Waals surface area (Å²) in [6, 6.07) is 12.1. The van der Waals surface area contributed by atoms with Crippen LogP contribution in [0.5, 0.6) is 0 Å². The molecule has 1 fully saturated rings. The number of anilines is 2. The van der Waals surface area contributed by atoms with Crippen molar-refractivity contribution in [1.29, 1.82) is 0 Å². The van der Waals surface area contributed by atoms with Crippen LogP contribution in [0.2, 0.25) is 0 Å². The smallest absolute Gasteiger partial charge is 0.229 e. The van der Waals surface area contributed by atoms with Gasteiger partial charge < -0.3 is 10.2 Å². The lowest BCUT2D eigenvalue weighted by molar-refractivity contribution is -0.120. The molecule has 1 N–H and O–H groups in total. The van der Waals surface area contributed by atoms with Crippen LogP contribution >= 0.6 is 0 Å². The SMILES string of the molecule is O=C(Nc1cccc(F)c1)C1CCCN(c2ncc(-c3cccc(F)c3)cn2)C1. The minimum Gasteiger partial charge on any atom is -0.340 e.